The summed E-state index contributed by atoms with van der Waals surface area (Å²) in [7, 11) is 0. The third kappa shape index (κ3) is 3.82. The van der Waals surface area contributed by atoms with E-state index in [-0.39, 0.29) is 12.1 Å². The molecule has 2 bridgehead atoms. The normalized spacial score (nSPS) is 24.1. The molecule has 1 aliphatic carbocycles. The Labute approximate surface area is 182 Å². The molecule has 1 aliphatic heterocycles. The second-order valence-electron chi connectivity index (χ2n) is 8.39. The van der Waals surface area contributed by atoms with Crippen molar-refractivity contribution in [2.45, 2.75) is 44.3 Å². The summed E-state index contributed by atoms with van der Waals surface area (Å²) in [5.41, 5.74) is 1.42. The second-order valence-corrected chi connectivity index (χ2v) is 8.39. The van der Waals surface area contributed by atoms with Gasteiger partial charge in [0.05, 0.1) is 30.5 Å². The van der Waals surface area contributed by atoms with Crippen molar-refractivity contribution in [1.82, 2.24) is 29.9 Å². The lowest BCUT2D eigenvalue weighted by molar-refractivity contribution is -0.141. The first kappa shape index (κ1) is 20.8. The number of aromatic nitrogens is 5. The number of anilines is 1. The van der Waals surface area contributed by atoms with Gasteiger partial charge in [-0.2, -0.15) is 28.2 Å². The zero-order valence-electron chi connectivity index (χ0n) is 17.2. The number of hydrogen-bond acceptors (Lipinski definition) is 7. The highest BCUT2D eigenvalue weighted by Crippen LogP contribution is 2.43. The highest BCUT2D eigenvalue weighted by molar-refractivity contribution is 5.44. The third-order valence-electron chi connectivity index (χ3n) is 6.21. The Morgan fingerprint density at radius 2 is 1.91 bits per heavy atom. The van der Waals surface area contributed by atoms with Crippen molar-refractivity contribution in [3.05, 3.63) is 59.8 Å². The van der Waals surface area contributed by atoms with E-state index in [1.54, 1.807) is 12.4 Å². The maximum Gasteiger partial charge on any atom is 0.434 e. The van der Waals surface area contributed by atoms with Crippen LogP contribution in [0, 0.1) is 12.8 Å². The van der Waals surface area contributed by atoms with Crippen LogP contribution in [0.4, 0.5) is 19.0 Å². The minimum Gasteiger partial charge on any atom is -0.374 e. The summed E-state index contributed by atoms with van der Waals surface area (Å²) in [4.78, 5) is 10.9. The molecule has 2 aliphatic rings. The van der Waals surface area contributed by atoms with Gasteiger partial charge in [0.2, 0.25) is 0 Å². The highest BCUT2D eigenvalue weighted by Gasteiger charge is 2.47. The lowest BCUT2D eigenvalue weighted by Gasteiger charge is -2.37. The van der Waals surface area contributed by atoms with Gasteiger partial charge in [-0.15, -0.1) is 0 Å². The predicted octanol–water partition coefficient (Wildman–Crippen LogP) is 2.95. The van der Waals surface area contributed by atoms with Gasteiger partial charge >= 0.3 is 6.18 Å². The van der Waals surface area contributed by atoms with Crippen molar-refractivity contribution in [1.29, 1.82) is 0 Å². The topological polar surface area (TPSA) is 92.0 Å². The number of benzene rings is 1. The van der Waals surface area contributed by atoms with E-state index in [1.807, 2.05) is 30.0 Å². The van der Waals surface area contributed by atoms with Crippen LogP contribution >= 0.6 is 0 Å². The summed E-state index contributed by atoms with van der Waals surface area (Å²) in [6.45, 7) is 2.70. The van der Waals surface area contributed by atoms with Gasteiger partial charge in [0.25, 0.3) is 0 Å². The molecule has 1 saturated carbocycles. The second kappa shape index (κ2) is 7.82. The first-order valence-electron chi connectivity index (χ1n) is 10.4. The molecule has 0 spiro atoms. The predicted molar refractivity (Wildman–Crippen MR) is 109 cm³/mol. The maximum atomic E-state index is 12.7. The van der Waals surface area contributed by atoms with E-state index in [2.05, 4.69) is 25.5 Å². The number of hydrogen-bond donors (Lipinski definition) is 2. The molecular formula is C21H22F3N7O. The summed E-state index contributed by atoms with van der Waals surface area (Å²) in [6.07, 6.45) is 1.38. The number of nitrogens with one attached hydrogen (secondary N) is 1. The average Bonchev–Trinajstić information content (AvgIpc) is 3.50. The monoisotopic (exact) mass is 445 g/mol. The molecule has 4 atom stereocenters. The zero-order valence-corrected chi connectivity index (χ0v) is 17.2. The third-order valence-corrected chi connectivity index (χ3v) is 6.21. The molecular weight excluding hydrogens is 423 g/mol. The van der Waals surface area contributed by atoms with Crippen LogP contribution in [0.3, 0.4) is 0 Å². The van der Waals surface area contributed by atoms with Gasteiger partial charge in [-0.25, -0.2) is 9.97 Å². The SMILES string of the molecule is Cc1ccc(C(O)N2CC3CC(Nc4cnc(C(F)(F)F)cn4)C2C3)c(-n2nccn2)c1. The van der Waals surface area contributed by atoms with E-state index in [9.17, 15) is 18.3 Å². The number of piperidine rings is 1. The number of rotatable bonds is 5. The van der Waals surface area contributed by atoms with Gasteiger partial charge in [-0.1, -0.05) is 12.1 Å². The number of aryl methyl sites for hydroxylation is 1. The van der Waals surface area contributed by atoms with Crippen LogP contribution in [-0.2, 0) is 6.18 Å². The van der Waals surface area contributed by atoms with Crippen LogP contribution in [0.1, 0.15) is 35.9 Å². The van der Waals surface area contributed by atoms with Gasteiger partial charge < -0.3 is 10.4 Å². The number of halogens is 3. The first-order chi connectivity index (χ1) is 15.3. The Kier molecular flexibility index (Phi) is 5.09. The van der Waals surface area contributed by atoms with Crippen molar-refractivity contribution in [2.75, 3.05) is 11.9 Å². The van der Waals surface area contributed by atoms with Crippen molar-refractivity contribution in [2.24, 2.45) is 5.92 Å². The summed E-state index contributed by atoms with van der Waals surface area (Å²) >= 11 is 0. The number of likely N-dealkylation sites (tertiary alicyclic amines) is 1. The molecule has 2 aromatic heterocycles. The molecule has 11 heteroatoms. The standard InChI is InChI=1S/C21H22F3N7O/c1-12-2-3-14(16(6-12)31-27-4-5-28-31)20(32)30-11-13-7-15(17(30)8-13)29-19-10-25-18(9-26-19)21(22,23)24/h2-6,9-10,13,15,17,20,32H,7-8,11H2,1H3,(H,26,29). The molecule has 2 N–H and O–H groups in total. The molecule has 3 aromatic rings. The highest BCUT2D eigenvalue weighted by atomic mass is 19.4. The largest absolute Gasteiger partial charge is 0.434 e. The first-order valence-corrected chi connectivity index (χ1v) is 10.4. The van der Waals surface area contributed by atoms with E-state index >= 15 is 0 Å². The van der Waals surface area contributed by atoms with Crippen LogP contribution in [0.15, 0.2) is 43.0 Å². The Morgan fingerprint density at radius 1 is 1.12 bits per heavy atom. The lowest BCUT2D eigenvalue weighted by Crippen LogP contribution is -2.46. The van der Waals surface area contributed by atoms with E-state index < -0.39 is 18.1 Å². The fourth-order valence-corrected chi connectivity index (χ4v) is 4.81. The number of aliphatic hydroxyl groups excluding tert-OH is 1. The van der Waals surface area contributed by atoms with Gasteiger partial charge in [-0.3, -0.25) is 4.90 Å². The molecule has 4 unspecified atom stereocenters. The fraction of sp³-hybridized carbons (Fsp3) is 0.429. The van der Waals surface area contributed by atoms with Gasteiger partial charge in [0.15, 0.2) is 5.69 Å². The number of fused-ring (bicyclic) bond motifs is 2. The van der Waals surface area contributed by atoms with E-state index in [0.29, 0.717) is 23.0 Å². The van der Waals surface area contributed by atoms with Crippen LogP contribution in [0.2, 0.25) is 0 Å². The molecule has 168 valence electrons. The van der Waals surface area contributed by atoms with Crippen molar-refractivity contribution in [3.63, 3.8) is 0 Å². The quantitative estimate of drug-likeness (QED) is 0.624. The smallest absolute Gasteiger partial charge is 0.374 e. The summed E-state index contributed by atoms with van der Waals surface area (Å²) in [5, 5.41) is 22.9. The summed E-state index contributed by atoms with van der Waals surface area (Å²) < 4.78 is 38.2. The van der Waals surface area contributed by atoms with Crippen LogP contribution < -0.4 is 5.32 Å². The molecule has 2 fully saturated rings. The zero-order chi connectivity index (χ0) is 22.5. The molecule has 1 saturated heterocycles. The minimum atomic E-state index is -4.52. The Morgan fingerprint density at radius 3 is 2.56 bits per heavy atom. The summed E-state index contributed by atoms with van der Waals surface area (Å²) in [6, 6.07) is 5.72. The summed E-state index contributed by atoms with van der Waals surface area (Å²) in [5.74, 6) is 0.674. The van der Waals surface area contributed by atoms with E-state index in [4.69, 9.17) is 0 Å². The van der Waals surface area contributed by atoms with Crippen LogP contribution in [-0.4, -0.2) is 53.6 Å². The molecule has 3 heterocycles. The maximum absolute atomic E-state index is 12.7. The molecule has 32 heavy (non-hydrogen) atoms. The van der Waals surface area contributed by atoms with Crippen LogP contribution in [0.5, 0.6) is 0 Å². The Hall–Kier alpha value is -3.05. The van der Waals surface area contributed by atoms with Crippen molar-refractivity contribution < 1.29 is 18.3 Å². The minimum absolute atomic E-state index is 0.0128. The van der Waals surface area contributed by atoms with Gasteiger partial charge in [0, 0.05) is 24.2 Å². The molecule has 8 nitrogen and oxygen atoms in total. The van der Waals surface area contributed by atoms with Gasteiger partial charge in [0.1, 0.15) is 12.0 Å². The Bertz CT molecular complexity index is 1090. The van der Waals surface area contributed by atoms with E-state index in [0.717, 1.165) is 37.3 Å². The number of aliphatic hydroxyl groups is 1. The number of nitrogens with zero attached hydrogens (tertiary/aromatic N) is 6. The molecule has 1 aromatic carbocycles. The molecule has 5 rings (SSSR count). The average molecular weight is 445 g/mol. The van der Waals surface area contributed by atoms with Crippen molar-refractivity contribution in [3.8, 4) is 5.69 Å². The Balaban J connectivity index is 1.35. The molecule has 0 radical (unpaired) electrons. The lowest BCUT2D eigenvalue weighted by atomic mass is 10.0. The fourth-order valence-electron chi connectivity index (χ4n) is 4.81. The molecule has 0 amide bonds. The van der Waals surface area contributed by atoms with Crippen molar-refractivity contribution >= 4 is 5.82 Å². The van der Waals surface area contributed by atoms with Gasteiger partial charge in [-0.05, 0) is 37.3 Å². The van der Waals surface area contributed by atoms with E-state index in [1.165, 1.54) is 4.80 Å². The van der Waals surface area contributed by atoms with Crippen LogP contribution in [0.25, 0.3) is 5.69 Å². The number of alkyl halides is 3.